The van der Waals surface area contributed by atoms with Crippen molar-refractivity contribution in [2.24, 2.45) is 0 Å². The van der Waals surface area contributed by atoms with Gasteiger partial charge in [0.1, 0.15) is 34.8 Å². The molecule has 214 valence electrons. The molecule has 0 saturated heterocycles. The number of carbonyl (C=O) groups is 2. The van der Waals surface area contributed by atoms with E-state index in [1.165, 1.54) is 0 Å². The normalized spacial score (nSPS) is 19.9. The Morgan fingerprint density at radius 2 is 1.95 bits per heavy atom. The van der Waals surface area contributed by atoms with E-state index >= 15 is 4.39 Å². The van der Waals surface area contributed by atoms with Crippen LogP contribution in [0.4, 0.5) is 4.39 Å². The molecule has 4 aliphatic rings. The third kappa shape index (κ3) is 5.08. The summed E-state index contributed by atoms with van der Waals surface area (Å²) in [5.41, 5.74) is 3.96. The summed E-state index contributed by atoms with van der Waals surface area (Å²) in [5, 5.41) is 2.95. The molecule has 1 atom stereocenters. The minimum Gasteiger partial charge on any atom is -0.482 e. The minimum atomic E-state index is -0.667. The maximum Gasteiger partial charge on any atom is 0.270 e. The van der Waals surface area contributed by atoms with E-state index in [1.807, 2.05) is 6.92 Å². The van der Waals surface area contributed by atoms with Crippen LogP contribution in [0.25, 0.3) is 0 Å². The van der Waals surface area contributed by atoms with Gasteiger partial charge in [-0.25, -0.2) is 14.4 Å². The number of amides is 2. The number of hydrogen-bond acceptors (Lipinski definition) is 6. The first kappa shape index (κ1) is 26.1. The monoisotopic (exact) mass is 558 g/mol. The van der Waals surface area contributed by atoms with Crippen LogP contribution < -0.4 is 10.1 Å². The van der Waals surface area contributed by atoms with Crippen molar-refractivity contribution < 1.29 is 18.7 Å². The standard InChI is InChI=1S/C31H35FN6O3/c1-2-22-25(11-10-24(35-22)31(40)34-20-8-9-20)41-17-27(39)38-14-12-23-29(37-13-4-3-5-26(37)36-23)30(38)28-21(32)15-19(16-33-28)18-6-7-18/h10-11,15-16,18,20,30H,2-9,12-14,17H2,1H3,(H,34,40)/t30-/m0/s1. The Bertz CT molecular complexity index is 1510. The number of nitrogens with one attached hydrogen (secondary N) is 1. The SMILES string of the molecule is CCc1nc(C(=O)NC2CC2)ccc1OCC(=O)N1CCc2nc3n(c2[C@@H]1c1ncc(C2CC2)cc1F)CCCC3. The van der Waals surface area contributed by atoms with E-state index in [2.05, 4.69) is 19.9 Å². The molecule has 1 N–H and O–H groups in total. The average molecular weight is 559 g/mol. The van der Waals surface area contributed by atoms with E-state index in [4.69, 9.17) is 9.72 Å². The number of rotatable bonds is 8. The number of fused-ring (bicyclic) bond motifs is 3. The van der Waals surface area contributed by atoms with E-state index in [9.17, 15) is 9.59 Å². The van der Waals surface area contributed by atoms with Crippen LogP contribution in [0.1, 0.15) is 102 Å². The molecule has 9 nitrogen and oxygen atoms in total. The summed E-state index contributed by atoms with van der Waals surface area (Å²) in [4.78, 5) is 42.0. The molecular formula is C31H35FN6O3. The molecule has 2 fully saturated rings. The molecule has 2 aliphatic carbocycles. The second-order valence-corrected chi connectivity index (χ2v) is 11.6. The summed E-state index contributed by atoms with van der Waals surface area (Å²) < 4.78 is 23.9. The molecule has 10 heteroatoms. The second-order valence-electron chi connectivity index (χ2n) is 11.6. The molecule has 2 aliphatic heterocycles. The summed E-state index contributed by atoms with van der Waals surface area (Å²) in [6.07, 6.45) is 10.0. The fraction of sp³-hybridized carbons (Fsp3) is 0.516. The number of pyridine rings is 2. The van der Waals surface area contributed by atoms with E-state index in [1.54, 1.807) is 29.3 Å². The summed E-state index contributed by atoms with van der Waals surface area (Å²) in [6, 6.07) is 4.51. The van der Waals surface area contributed by atoms with Crippen molar-refractivity contribution in [3.63, 3.8) is 0 Å². The number of carbonyl (C=O) groups excluding carboxylic acids is 2. The topological polar surface area (TPSA) is 102 Å². The van der Waals surface area contributed by atoms with Crippen molar-refractivity contribution in [3.8, 4) is 5.75 Å². The number of imidazole rings is 1. The van der Waals surface area contributed by atoms with Gasteiger partial charge < -0.3 is 19.5 Å². The van der Waals surface area contributed by atoms with Gasteiger partial charge in [0.2, 0.25) is 0 Å². The van der Waals surface area contributed by atoms with Crippen molar-refractivity contribution in [1.29, 1.82) is 0 Å². The maximum atomic E-state index is 15.7. The smallest absolute Gasteiger partial charge is 0.270 e. The summed E-state index contributed by atoms with van der Waals surface area (Å²) >= 11 is 0. The average Bonchev–Trinajstić information content (AvgIpc) is 3.93. The van der Waals surface area contributed by atoms with Crippen molar-refractivity contribution >= 4 is 11.8 Å². The molecule has 41 heavy (non-hydrogen) atoms. The zero-order chi connectivity index (χ0) is 28.1. The lowest BCUT2D eigenvalue weighted by Crippen LogP contribution is -2.44. The number of aromatic nitrogens is 4. The predicted molar refractivity (Wildman–Crippen MR) is 148 cm³/mol. The number of ether oxygens (including phenoxy) is 1. The van der Waals surface area contributed by atoms with Gasteiger partial charge in [0.25, 0.3) is 11.8 Å². The van der Waals surface area contributed by atoms with E-state index in [-0.39, 0.29) is 36.0 Å². The zero-order valence-electron chi connectivity index (χ0n) is 23.4. The predicted octanol–water partition coefficient (Wildman–Crippen LogP) is 4.03. The molecule has 3 aromatic rings. The molecule has 0 spiro atoms. The Hall–Kier alpha value is -3.82. The molecule has 7 rings (SSSR count). The highest BCUT2D eigenvalue weighted by Crippen LogP contribution is 2.42. The first-order valence-electron chi connectivity index (χ1n) is 15.0. The maximum absolute atomic E-state index is 15.7. The fourth-order valence-corrected chi connectivity index (χ4v) is 6.11. The Balaban J connectivity index is 1.16. The highest BCUT2D eigenvalue weighted by Gasteiger charge is 2.40. The molecule has 0 bridgehead atoms. The molecular weight excluding hydrogens is 523 g/mol. The Labute approximate surface area is 238 Å². The highest BCUT2D eigenvalue weighted by atomic mass is 19.1. The Morgan fingerprint density at radius 1 is 1.10 bits per heavy atom. The van der Waals surface area contributed by atoms with Gasteiger partial charge in [0.05, 0.1) is 17.1 Å². The van der Waals surface area contributed by atoms with Crippen LogP contribution in [-0.2, 0) is 30.6 Å². The van der Waals surface area contributed by atoms with E-state index < -0.39 is 6.04 Å². The lowest BCUT2D eigenvalue weighted by atomic mass is 9.97. The number of nitrogens with zero attached hydrogens (tertiary/aromatic N) is 5. The number of halogens is 1. The van der Waals surface area contributed by atoms with E-state index in [0.29, 0.717) is 42.4 Å². The molecule has 0 unspecified atom stereocenters. The molecule has 2 amide bonds. The van der Waals surface area contributed by atoms with Gasteiger partial charge in [-0.3, -0.25) is 14.6 Å². The fourth-order valence-electron chi connectivity index (χ4n) is 6.11. The Kier molecular flexibility index (Phi) is 6.71. The van der Waals surface area contributed by atoms with Crippen LogP contribution >= 0.6 is 0 Å². The van der Waals surface area contributed by atoms with Crippen LogP contribution in [0.3, 0.4) is 0 Å². The van der Waals surface area contributed by atoms with Crippen molar-refractivity contribution in [2.45, 2.75) is 89.3 Å². The van der Waals surface area contributed by atoms with Gasteiger partial charge in [-0.05, 0) is 74.6 Å². The molecule has 0 radical (unpaired) electrons. The van der Waals surface area contributed by atoms with Gasteiger partial charge in [-0.15, -0.1) is 0 Å². The third-order valence-electron chi connectivity index (χ3n) is 8.64. The first-order chi connectivity index (χ1) is 20.0. The largest absolute Gasteiger partial charge is 0.482 e. The zero-order valence-corrected chi connectivity index (χ0v) is 23.4. The minimum absolute atomic E-state index is 0.192. The summed E-state index contributed by atoms with van der Waals surface area (Å²) in [5.74, 6) is 1.04. The van der Waals surface area contributed by atoms with Crippen LogP contribution in [0, 0.1) is 5.82 Å². The van der Waals surface area contributed by atoms with Crippen LogP contribution in [-0.4, -0.2) is 55.4 Å². The first-order valence-corrected chi connectivity index (χ1v) is 15.0. The van der Waals surface area contributed by atoms with Gasteiger partial charge in [0.15, 0.2) is 6.61 Å². The van der Waals surface area contributed by atoms with Gasteiger partial charge in [-0.2, -0.15) is 0 Å². The van der Waals surface area contributed by atoms with Crippen LogP contribution in [0.2, 0.25) is 0 Å². The Morgan fingerprint density at radius 3 is 2.71 bits per heavy atom. The lowest BCUT2D eigenvalue weighted by Gasteiger charge is -2.36. The molecule has 2 saturated carbocycles. The van der Waals surface area contributed by atoms with Crippen LogP contribution in [0.15, 0.2) is 24.4 Å². The van der Waals surface area contributed by atoms with Gasteiger partial charge in [0, 0.05) is 38.2 Å². The highest BCUT2D eigenvalue weighted by molar-refractivity contribution is 5.92. The van der Waals surface area contributed by atoms with Crippen molar-refractivity contribution in [3.05, 3.63) is 70.1 Å². The van der Waals surface area contributed by atoms with E-state index in [0.717, 1.165) is 74.3 Å². The second kappa shape index (κ2) is 10.5. The third-order valence-corrected chi connectivity index (χ3v) is 8.64. The van der Waals surface area contributed by atoms with Crippen molar-refractivity contribution in [2.75, 3.05) is 13.2 Å². The van der Waals surface area contributed by atoms with Crippen molar-refractivity contribution in [1.82, 2.24) is 29.7 Å². The summed E-state index contributed by atoms with van der Waals surface area (Å²) in [6.45, 7) is 2.92. The van der Waals surface area contributed by atoms with Gasteiger partial charge >= 0.3 is 0 Å². The van der Waals surface area contributed by atoms with Crippen LogP contribution in [0.5, 0.6) is 5.75 Å². The lowest BCUT2D eigenvalue weighted by molar-refractivity contribution is -0.135. The molecule has 3 aromatic heterocycles. The molecule has 0 aromatic carbocycles. The molecule has 5 heterocycles. The quantitative estimate of drug-likeness (QED) is 0.448. The number of hydrogen-bond donors (Lipinski definition) is 1. The number of aryl methyl sites for hydroxylation is 2. The van der Waals surface area contributed by atoms with Gasteiger partial charge in [-0.1, -0.05) is 6.92 Å². The summed E-state index contributed by atoms with van der Waals surface area (Å²) in [7, 11) is 0.